The molecule has 0 aliphatic heterocycles. The Labute approximate surface area is 144 Å². The van der Waals surface area contributed by atoms with Crippen molar-refractivity contribution in [1.82, 2.24) is 10.3 Å². The van der Waals surface area contributed by atoms with Crippen LogP contribution in [0.4, 0.5) is 0 Å². The fourth-order valence-electron chi connectivity index (χ4n) is 2.71. The van der Waals surface area contributed by atoms with Crippen molar-refractivity contribution in [2.45, 2.75) is 13.1 Å². The summed E-state index contributed by atoms with van der Waals surface area (Å²) in [5, 5.41) is 14.3. The average molecular weight is 345 g/mol. The summed E-state index contributed by atoms with van der Waals surface area (Å²) >= 11 is 5.97. The summed E-state index contributed by atoms with van der Waals surface area (Å²) in [6, 6.07) is 13.0. The zero-order chi connectivity index (χ0) is 17.1. The van der Waals surface area contributed by atoms with Crippen LogP contribution < -0.4 is 10.1 Å². The molecule has 0 unspecified atom stereocenters. The van der Waals surface area contributed by atoms with E-state index in [0.717, 1.165) is 22.0 Å². The monoisotopic (exact) mass is 344 g/mol. The maximum absolute atomic E-state index is 11.5. The number of carboxylic acid groups (broad SMARTS) is 1. The van der Waals surface area contributed by atoms with Gasteiger partial charge in [0.1, 0.15) is 11.4 Å². The molecule has 3 aromatic rings. The highest BCUT2D eigenvalue weighted by atomic mass is 35.5. The number of aromatic carboxylic acids is 1. The van der Waals surface area contributed by atoms with Gasteiger partial charge in [-0.1, -0.05) is 23.7 Å². The van der Waals surface area contributed by atoms with E-state index in [1.54, 1.807) is 13.2 Å². The SMILES string of the molecule is COc1ccc2c(CNCc3cccc(Cl)c3)c(C(=O)O)[nH]c2c1. The molecular formula is C18H17ClN2O3. The number of hydrogen-bond donors (Lipinski definition) is 3. The largest absolute Gasteiger partial charge is 0.497 e. The van der Waals surface area contributed by atoms with E-state index in [-0.39, 0.29) is 5.69 Å². The lowest BCUT2D eigenvalue weighted by molar-refractivity contribution is 0.0690. The van der Waals surface area contributed by atoms with Gasteiger partial charge in [0.05, 0.1) is 12.6 Å². The Morgan fingerprint density at radius 3 is 2.79 bits per heavy atom. The van der Waals surface area contributed by atoms with Gasteiger partial charge in [-0.2, -0.15) is 0 Å². The number of fused-ring (bicyclic) bond motifs is 1. The number of methoxy groups -OCH3 is 1. The molecule has 1 heterocycles. The molecule has 6 heteroatoms. The Hall–Kier alpha value is -2.50. The first-order chi connectivity index (χ1) is 11.6. The number of ether oxygens (including phenoxy) is 1. The van der Waals surface area contributed by atoms with Crippen LogP contribution in [0, 0.1) is 0 Å². The summed E-state index contributed by atoms with van der Waals surface area (Å²) in [4.78, 5) is 14.5. The van der Waals surface area contributed by atoms with Gasteiger partial charge >= 0.3 is 5.97 Å². The van der Waals surface area contributed by atoms with E-state index in [0.29, 0.717) is 23.9 Å². The second kappa shape index (κ2) is 6.95. The van der Waals surface area contributed by atoms with Gasteiger partial charge in [-0.3, -0.25) is 0 Å². The predicted octanol–water partition coefficient (Wildman–Crippen LogP) is 3.82. The molecule has 2 aromatic carbocycles. The average Bonchev–Trinajstić information content (AvgIpc) is 2.93. The third-order valence-electron chi connectivity index (χ3n) is 3.85. The fourth-order valence-corrected chi connectivity index (χ4v) is 2.92. The first kappa shape index (κ1) is 16.4. The van der Waals surface area contributed by atoms with Crippen LogP contribution >= 0.6 is 11.6 Å². The highest BCUT2D eigenvalue weighted by Crippen LogP contribution is 2.26. The molecule has 0 saturated heterocycles. The number of benzene rings is 2. The van der Waals surface area contributed by atoms with Crippen molar-refractivity contribution in [1.29, 1.82) is 0 Å². The fraction of sp³-hybridized carbons (Fsp3) is 0.167. The van der Waals surface area contributed by atoms with Crippen molar-refractivity contribution < 1.29 is 14.6 Å². The second-order valence-electron chi connectivity index (χ2n) is 5.43. The molecule has 0 radical (unpaired) electrons. The van der Waals surface area contributed by atoms with Crippen LogP contribution in [0.1, 0.15) is 21.6 Å². The topological polar surface area (TPSA) is 74.3 Å². The molecule has 0 atom stereocenters. The van der Waals surface area contributed by atoms with E-state index < -0.39 is 5.97 Å². The maximum Gasteiger partial charge on any atom is 0.352 e. The second-order valence-corrected chi connectivity index (χ2v) is 5.87. The minimum absolute atomic E-state index is 0.192. The Balaban J connectivity index is 1.84. The zero-order valence-corrected chi connectivity index (χ0v) is 13.9. The maximum atomic E-state index is 11.5. The highest BCUT2D eigenvalue weighted by molar-refractivity contribution is 6.30. The molecule has 0 aliphatic carbocycles. The Bertz CT molecular complexity index is 889. The summed E-state index contributed by atoms with van der Waals surface area (Å²) < 4.78 is 5.19. The first-order valence-corrected chi connectivity index (χ1v) is 7.83. The van der Waals surface area contributed by atoms with Gasteiger partial charge in [0.25, 0.3) is 0 Å². The highest BCUT2D eigenvalue weighted by Gasteiger charge is 2.17. The summed E-state index contributed by atoms with van der Waals surface area (Å²) in [5.74, 6) is -0.302. The minimum atomic E-state index is -0.982. The van der Waals surface area contributed by atoms with Crippen LogP contribution in [0.15, 0.2) is 42.5 Å². The normalized spacial score (nSPS) is 10.9. The van der Waals surface area contributed by atoms with E-state index in [4.69, 9.17) is 16.3 Å². The number of hydrogen-bond acceptors (Lipinski definition) is 3. The van der Waals surface area contributed by atoms with Crippen molar-refractivity contribution in [3.05, 3.63) is 64.3 Å². The Morgan fingerprint density at radius 2 is 2.08 bits per heavy atom. The van der Waals surface area contributed by atoms with Crippen molar-refractivity contribution in [3.63, 3.8) is 0 Å². The van der Waals surface area contributed by atoms with Crippen LogP contribution in [0.5, 0.6) is 5.75 Å². The molecule has 0 saturated carbocycles. The Morgan fingerprint density at radius 1 is 1.25 bits per heavy atom. The van der Waals surface area contributed by atoms with Crippen LogP contribution in [0.2, 0.25) is 5.02 Å². The van der Waals surface area contributed by atoms with Gasteiger partial charge in [0.15, 0.2) is 0 Å². The zero-order valence-electron chi connectivity index (χ0n) is 13.1. The molecule has 0 bridgehead atoms. The standard InChI is InChI=1S/C18H17ClN2O3/c1-24-13-5-6-14-15(17(18(22)23)21-16(14)8-13)10-20-9-11-3-2-4-12(19)7-11/h2-8,20-21H,9-10H2,1H3,(H,22,23). The quantitative estimate of drug-likeness (QED) is 0.635. The van der Waals surface area contributed by atoms with Gasteiger partial charge in [-0.25, -0.2) is 4.79 Å². The number of aromatic amines is 1. The van der Waals surface area contributed by atoms with Gasteiger partial charge < -0.3 is 20.1 Å². The van der Waals surface area contributed by atoms with Gasteiger partial charge in [0.2, 0.25) is 0 Å². The summed E-state index contributed by atoms with van der Waals surface area (Å²) in [5.41, 5.74) is 2.70. The third-order valence-corrected chi connectivity index (χ3v) is 4.08. The number of halogens is 1. The van der Waals surface area contributed by atoms with Gasteiger partial charge in [-0.15, -0.1) is 0 Å². The summed E-state index contributed by atoms with van der Waals surface area (Å²) in [6.45, 7) is 1.03. The number of aromatic nitrogens is 1. The summed E-state index contributed by atoms with van der Waals surface area (Å²) in [6.07, 6.45) is 0. The molecule has 1 aromatic heterocycles. The van der Waals surface area contributed by atoms with Crippen molar-refractivity contribution >= 4 is 28.5 Å². The van der Waals surface area contributed by atoms with Crippen LogP contribution in [0.25, 0.3) is 10.9 Å². The molecular weight excluding hydrogens is 328 g/mol. The van der Waals surface area contributed by atoms with Crippen LogP contribution in [0.3, 0.4) is 0 Å². The smallest absolute Gasteiger partial charge is 0.352 e. The Kier molecular flexibility index (Phi) is 4.74. The molecule has 3 N–H and O–H groups in total. The molecule has 0 fully saturated rings. The number of nitrogens with one attached hydrogen (secondary N) is 2. The lowest BCUT2D eigenvalue weighted by atomic mass is 10.1. The van der Waals surface area contributed by atoms with Crippen molar-refractivity contribution in [2.75, 3.05) is 7.11 Å². The van der Waals surface area contributed by atoms with Gasteiger partial charge in [-0.05, 0) is 29.8 Å². The van der Waals surface area contributed by atoms with Crippen molar-refractivity contribution in [3.8, 4) is 5.75 Å². The molecule has 0 amide bonds. The van der Waals surface area contributed by atoms with E-state index >= 15 is 0 Å². The molecule has 0 spiro atoms. The molecule has 5 nitrogen and oxygen atoms in total. The number of carboxylic acids is 1. The third kappa shape index (κ3) is 3.37. The molecule has 3 rings (SSSR count). The van der Waals surface area contributed by atoms with Crippen LogP contribution in [-0.4, -0.2) is 23.2 Å². The number of carbonyl (C=O) groups is 1. The van der Waals surface area contributed by atoms with E-state index in [1.165, 1.54) is 0 Å². The first-order valence-electron chi connectivity index (χ1n) is 7.45. The van der Waals surface area contributed by atoms with Crippen molar-refractivity contribution in [2.24, 2.45) is 0 Å². The molecule has 124 valence electrons. The summed E-state index contributed by atoms with van der Waals surface area (Å²) in [7, 11) is 1.58. The van der Waals surface area contributed by atoms with Gasteiger partial charge in [0, 0.05) is 35.1 Å². The minimum Gasteiger partial charge on any atom is -0.497 e. The lowest BCUT2D eigenvalue weighted by Crippen LogP contribution is -2.15. The lowest BCUT2D eigenvalue weighted by Gasteiger charge is -2.06. The predicted molar refractivity (Wildman–Crippen MR) is 93.8 cm³/mol. The van der Waals surface area contributed by atoms with Crippen LogP contribution in [-0.2, 0) is 13.1 Å². The van der Waals surface area contributed by atoms with E-state index in [2.05, 4.69) is 10.3 Å². The van der Waals surface area contributed by atoms with E-state index in [9.17, 15) is 9.90 Å². The number of H-pyrrole nitrogens is 1. The molecule has 0 aliphatic rings. The number of rotatable bonds is 6. The molecule has 24 heavy (non-hydrogen) atoms. The van der Waals surface area contributed by atoms with E-state index in [1.807, 2.05) is 36.4 Å².